The van der Waals surface area contributed by atoms with Gasteiger partial charge in [-0.05, 0) is 0 Å². The van der Waals surface area contributed by atoms with Crippen molar-refractivity contribution < 1.29 is 29.4 Å². The first-order valence-electron chi connectivity index (χ1n) is 4.12. The van der Waals surface area contributed by atoms with Gasteiger partial charge >= 0.3 is 11.9 Å². The number of aldehydes is 1. The van der Waals surface area contributed by atoms with Gasteiger partial charge in [-0.2, -0.15) is 0 Å². The summed E-state index contributed by atoms with van der Waals surface area (Å²) in [6.07, 6.45) is 0.288. The predicted octanol–water partition coefficient (Wildman–Crippen LogP) is -1.04. The number of nitrogens with zero attached hydrogens (tertiary/aromatic N) is 1. The van der Waals surface area contributed by atoms with E-state index in [1.54, 1.807) is 0 Å². The van der Waals surface area contributed by atoms with Gasteiger partial charge in [0.05, 0.1) is 0 Å². The lowest BCUT2D eigenvalue weighted by Crippen LogP contribution is -2.39. The van der Waals surface area contributed by atoms with Crippen LogP contribution < -0.4 is 0 Å². The van der Waals surface area contributed by atoms with E-state index in [1.807, 2.05) is 0 Å². The minimum absolute atomic E-state index is 0.0471. The Morgan fingerprint density at radius 3 is 1.87 bits per heavy atom. The van der Waals surface area contributed by atoms with E-state index in [0.717, 1.165) is 0 Å². The number of amides is 1. The van der Waals surface area contributed by atoms with Gasteiger partial charge in [-0.25, -0.2) is 0 Å². The number of carbonyl (C=O) groups excluding carboxylic acids is 2. The van der Waals surface area contributed by atoms with Crippen molar-refractivity contribution >= 4 is 24.1 Å². The third kappa shape index (κ3) is 6.19. The fourth-order valence-electron chi connectivity index (χ4n) is 0.899. The molecule has 1 amide bonds. The van der Waals surface area contributed by atoms with Gasteiger partial charge in [0.1, 0.15) is 19.4 Å². The Hall–Kier alpha value is -1.92. The summed E-state index contributed by atoms with van der Waals surface area (Å²) in [6.45, 7) is -1.35. The standard InChI is InChI=1S/C8H11NO6/c10-3-1-2-6(11)9(4-7(12)13)5-8(14)15/h3H,1-2,4-5H2,(H,12,13)(H,14,15). The minimum atomic E-state index is -1.30. The molecule has 0 unspecified atom stereocenters. The Morgan fingerprint density at radius 2 is 1.53 bits per heavy atom. The molecule has 0 spiro atoms. The highest BCUT2D eigenvalue weighted by molar-refractivity contribution is 5.85. The molecule has 0 heterocycles. The largest absolute Gasteiger partial charge is 0.480 e. The number of carboxylic acid groups (broad SMARTS) is 2. The molecule has 2 N–H and O–H groups in total. The maximum atomic E-state index is 11.2. The molecule has 0 radical (unpaired) electrons. The first-order valence-corrected chi connectivity index (χ1v) is 4.12. The van der Waals surface area contributed by atoms with Gasteiger partial charge in [0.25, 0.3) is 0 Å². The van der Waals surface area contributed by atoms with Crippen molar-refractivity contribution in [1.82, 2.24) is 4.90 Å². The maximum Gasteiger partial charge on any atom is 0.323 e. The van der Waals surface area contributed by atoms with Crippen LogP contribution in [0.15, 0.2) is 0 Å². The Bertz CT molecular complexity index is 258. The van der Waals surface area contributed by atoms with E-state index in [0.29, 0.717) is 11.2 Å². The number of carbonyl (C=O) groups is 4. The molecular formula is C8H11NO6. The highest BCUT2D eigenvalue weighted by Crippen LogP contribution is 1.96. The SMILES string of the molecule is O=CCCC(=O)N(CC(=O)O)CC(=O)O. The van der Waals surface area contributed by atoms with Crippen LogP contribution in [-0.4, -0.2) is 52.3 Å². The molecule has 0 aromatic carbocycles. The van der Waals surface area contributed by atoms with E-state index in [2.05, 4.69) is 0 Å². The minimum Gasteiger partial charge on any atom is -0.480 e. The molecule has 7 heteroatoms. The van der Waals surface area contributed by atoms with Crippen molar-refractivity contribution in [1.29, 1.82) is 0 Å². The molecule has 0 saturated carbocycles. The second kappa shape index (κ2) is 6.52. The lowest BCUT2D eigenvalue weighted by Gasteiger charge is -2.17. The zero-order valence-corrected chi connectivity index (χ0v) is 7.88. The number of aliphatic carboxylic acids is 2. The molecule has 0 aliphatic carbocycles. The Balaban J connectivity index is 4.32. The van der Waals surface area contributed by atoms with Crippen LogP contribution in [0.1, 0.15) is 12.8 Å². The van der Waals surface area contributed by atoms with Gasteiger partial charge in [-0.15, -0.1) is 0 Å². The molecule has 15 heavy (non-hydrogen) atoms. The van der Waals surface area contributed by atoms with E-state index in [4.69, 9.17) is 10.2 Å². The summed E-state index contributed by atoms with van der Waals surface area (Å²) >= 11 is 0. The number of hydrogen-bond donors (Lipinski definition) is 2. The van der Waals surface area contributed by atoms with Crippen LogP contribution in [0.25, 0.3) is 0 Å². The smallest absolute Gasteiger partial charge is 0.323 e. The van der Waals surface area contributed by atoms with Crippen molar-refractivity contribution in [2.24, 2.45) is 0 Å². The molecule has 0 rings (SSSR count). The van der Waals surface area contributed by atoms with Gasteiger partial charge < -0.3 is 19.9 Å². The lowest BCUT2D eigenvalue weighted by atomic mass is 10.3. The second-order valence-electron chi connectivity index (χ2n) is 2.74. The zero-order chi connectivity index (χ0) is 11.8. The predicted molar refractivity (Wildman–Crippen MR) is 47.1 cm³/mol. The fraction of sp³-hybridized carbons (Fsp3) is 0.500. The first kappa shape index (κ1) is 13.1. The summed E-state index contributed by atoms with van der Waals surface area (Å²) in [5.41, 5.74) is 0. The average molecular weight is 217 g/mol. The van der Waals surface area contributed by atoms with Crippen molar-refractivity contribution in [2.75, 3.05) is 13.1 Å². The second-order valence-corrected chi connectivity index (χ2v) is 2.74. The topological polar surface area (TPSA) is 112 Å². The van der Waals surface area contributed by atoms with Crippen molar-refractivity contribution in [3.8, 4) is 0 Å². The van der Waals surface area contributed by atoms with Crippen LogP contribution in [0.4, 0.5) is 0 Å². The normalized spacial score (nSPS) is 9.33. The molecular weight excluding hydrogens is 206 g/mol. The molecule has 7 nitrogen and oxygen atoms in total. The molecule has 0 atom stereocenters. The molecule has 0 aliphatic rings. The summed E-state index contributed by atoms with van der Waals surface area (Å²) in [5, 5.41) is 16.8. The van der Waals surface area contributed by atoms with Crippen molar-refractivity contribution in [2.45, 2.75) is 12.8 Å². The summed E-state index contributed by atoms with van der Waals surface area (Å²) in [4.78, 5) is 42.5. The molecule has 0 fully saturated rings. The van der Waals surface area contributed by atoms with Crippen LogP contribution in [0, 0.1) is 0 Å². The van der Waals surface area contributed by atoms with Crippen molar-refractivity contribution in [3.63, 3.8) is 0 Å². The molecule has 0 aromatic rings. The van der Waals surface area contributed by atoms with Gasteiger partial charge in [-0.1, -0.05) is 0 Å². The molecule has 0 aliphatic heterocycles. The molecule has 0 aromatic heterocycles. The van der Waals surface area contributed by atoms with E-state index in [9.17, 15) is 19.2 Å². The van der Waals surface area contributed by atoms with Crippen LogP contribution in [-0.2, 0) is 19.2 Å². The van der Waals surface area contributed by atoms with E-state index >= 15 is 0 Å². The van der Waals surface area contributed by atoms with Gasteiger partial charge in [-0.3, -0.25) is 14.4 Å². The van der Waals surface area contributed by atoms with Crippen molar-refractivity contribution in [3.05, 3.63) is 0 Å². The number of hydrogen-bond acceptors (Lipinski definition) is 4. The average Bonchev–Trinajstić information content (AvgIpc) is 2.11. The van der Waals surface area contributed by atoms with Crippen LogP contribution in [0.2, 0.25) is 0 Å². The third-order valence-corrected chi connectivity index (χ3v) is 1.48. The Kier molecular flexibility index (Phi) is 5.69. The first-order chi connectivity index (χ1) is 6.97. The Labute approximate surface area is 85.3 Å². The lowest BCUT2D eigenvalue weighted by molar-refractivity contribution is -0.149. The quantitative estimate of drug-likeness (QED) is 0.527. The van der Waals surface area contributed by atoms with Gasteiger partial charge in [0.15, 0.2) is 0 Å². The third-order valence-electron chi connectivity index (χ3n) is 1.48. The fourth-order valence-corrected chi connectivity index (χ4v) is 0.899. The zero-order valence-electron chi connectivity index (χ0n) is 7.88. The van der Waals surface area contributed by atoms with E-state index < -0.39 is 30.9 Å². The monoisotopic (exact) mass is 217 g/mol. The van der Waals surface area contributed by atoms with E-state index in [-0.39, 0.29) is 12.8 Å². The summed E-state index contributed by atoms with van der Waals surface area (Å²) < 4.78 is 0. The number of rotatable bonds is 7. The van der Waals surface area contributed by atoms with Gasteiger partial charge in [0.2, 0.25) is 5.91 Å². The van der Waals surface area contributed by atoms with Crippen LogP contribution >= 0.6 is 0 Å². The molecule has 0 saturated heterocycles. The highest BCUT2D eigenvalue weighted by atomic mass is 16.4. The Morgan fingerprint density at radius 1 is 1.07 bits per heavy atom. The van der Waals surface area contributed by atoms with Gasteiger partial charge in [0, 0.05) is 12.8 Å². The highest BCUT2D eigenvalue weighted by Gasteiger charge is 2.18. The van der Waals surface area contributed by atoms with Crippen LogP contribution in [0.5, 0.6) is 0 Å². The molecule has 0 bridgehead atoms. The summed E-state index contributed by atoms with van der Waals surface area (Å²) in [5.74, 6) is -3.25. The maximum absolute atomic E-state index is 11.2. The summed E-state index contributed by atoms with van der Waals surface area (Å²) in [7, 11) is 0. The number of carboxylic acids is 2. The molecule has 84 valence electrons. The van der Waals surface area contributed by atoms with E-state index in [1.165, 1.54) is 0 Å². The summed E-state index contributed by atoms with van der Waals surface area (Å²) in [6, 6.07) is 0. The van der Waals surface area contributed by atoms with Crippen LogP contribution in [0.3, 0.4) is 0 Å².